The lowest BCUT2D eigenvalue weighted by Gasteiger charge is -2.30. The van der Waals surface area contributed by atoms with Gasteiger partial charge in [-0.3, -0.25) is 14.4 Å². The average Bonchev–Trinajstić information content (AvgIpc) is 3.49. The van der Waals surface area contributed by atoms with Crippen LogP contribution < -0.4 is 10.6 Å². The Balaban J connectivity index is 1.72. The number of rotatable bonds is 5. The highest BCUT2D eigenvalue weighted by Gasteiger charge is 2.36. The van der Waals surface area contributed by atoms with E-state index < -0.39 is 17.4 Å². The van der Waals surface area contributed by atoms with Crippen molar-refractivity contribution in [3.05, 3.63) is 65.9 Å². The number of hydrogen-bond donors (Lipinski definition) is 2. The lowest BCUT2D eigenvalue weighted by molar-refractivity contribution is -0.124. The van der Waals surface area contributed by atoms with Crippen LogP contribution in [0, 0.1) is 5.41 Å². The molecule has 2 N–H and O–H groups in total. The lowest BCUT2D eigenvalue weighted by atomic mass is 9.86. The molecule has 0 fully saturated rings. The Morgan fingerprint density at radius 2 is 1.79 bits per heavy atom. The molecule has 1 aromatic carbocycles. The van der Waals surface area contributed by atoms with Crippen molar-refractivity contribution < 1.29 is 18.8 Å². The summed E-state index contributed by atoms with van der Waals surface area (Å²) in [5.41, 5.74) is 1.17. The number of nitrogens with zero attached hydrogens (tertiary/aromatic N) is 3. The fourth-order valence-corrected chi connectivity index (χ4v) is 4.11. The molecular formula is C25H29N5O4. The fourth-order valence-electron chi connectivity index (χ4n) is 4.11. The van der Waals surface area contributed by atoms with E-state index >= 15 is 0 Å². The molecule has 1 unspecified atom stereocenters. The number of furan rings is 1. The molecule has 3 heterocycles. The van der Waals surface area contributed by atoms with Gasteiger partial charge in [0.05, 0.1) is 18.5 Å². The third-order valence-electron chi connectivity index (χ3n) is 5.92. The van der Waals surface area contributed by atoms with Crippen LogP contribution in [-0.2, 0) is 17.9 Å². The van der Waals surface area contributed by atoms with Crippen molar-refractivity contribution in [2.24, 2.45) is 5.41 Å². The van der Waals surface area contributed by atoms with E-state index in [4.69, 9.17) is 9.40 Å². The van der Waals surface area contributed by atoms with E-state index in [0.29, 0.717) is 24.6 Å². The summed E-state index contributed by atoms with van der Waals surface area (Å²) in [6, 6.07) is 12.1. The zero-order valence-corrected chi connectivity index (χ0v) is 19.8. The van der Waals surface area contributed by atoms with Gasteiger partial charge in [-0.1, -0.05) is 51.1 Å². The molecule has 3 amide bonds. The summed E-state index contributed by atoms with van der Waals surface area (Å²) in [6.07, 6.45) is 1.46. The first-order chi connectivity index (χ1) is 16.2. The van der Waals surface area contributed by atoms with E-state index in [0.717, 1.165) is 5.56 Å². The van der Waals surface area contributed by atoms with Gasteiger partial charge in [0.2, 0.25) is 5.91 Å². The second-order valence-corrected chi connectivity index (χ2v) is 9.34. The maximum atomic E-state index is 13.5. The number of imidazole rings is 1. The van der Waals surface area contributed by atoms with Gasteiger partial charge < -0.3 is 24.5 Å². The first-order valence-corrected chi connectivity index (χ1v) is 11.2. The number of aromatic nitrogens is 2. The van der Waals surface area contributed by atoms with Crippen LogP contribution in [0.4, 0.5) is 0 Å². The summed E-state index contributed by atoms with van der Waals surface area (Å²) in [4.78, 5) is 45.2. The van der Waals surface area contributed by atoms with Crippen molar-refractivity contribution in [3.8, 4) is 11.4 Å². The van der Waals surface area contributed by atoms with Gasteiger partial charge in [-0.15, -0.1) is 0 Å². The van der Waals surface area contributed by atoms with Gasteiger partial charge in [-0.2, -0.15) is 0 Å². The highest BCUT2D eigenvalue weighted by atomic mass is 16.3. The molecule has 1 aliphatic rings. The number of hydrogen-bond acceptors (Lipinski definition) is 5. The average molecular weight is 464 g/mol. The molecule has 0 saturated carbocycles. The molecule has 3 aromatic rings. The first-order valence-electron chi connectivity index (χ1n) is 11.2. The maximum Gasteiger partial charge on any atom is 0.289 e. The van der Waals surface area contributed by atoms with E-state index in [1.54, 1.807) is 17.0 Å². The van der Waals surface area contributed by atoms with Crippen molar-refractivity contribution in [2.45, 2.75) is 39.9 Å². The van der Waals surface area contributed by atoms with Crippen LogP contribution in [0.1, 0.15) is 47.5 Å². The quantitative estimate of drug-likeness (QED) is 0.605. The fraction of sp³-hybridized carbons (Fsp3) is 0.360. The minimum atomic E-state index is -0.757. The lowest BCUT2D eigenvalue weighted by Crippen LogP contribution is -2.53. The number of fused-ring (bicyclic) bond motifs is 1. The molecule has 1 atom stereocenters. The van der Waals surface area contributed by atoms with Crippen LogP contribution in [0.2, 0.25) is 0 Å². The van der Waals surface area contributed by atoms with Crippen LogP contribution >= 0.6 is 0 Å². The van der Waals surface area contributed by atoms with E-state index in [1.165, 1.54) is 13.3 Å². The second-order valence-electron chi connectivity index (χ2n) is 9.34. The van der Waals surface area contributed by atoms with Crippen molar-refractivity contribution >= 4 is 17.7 Å². The predicted molar refractivity (Wildman–Crippen MR) is 126 cm³/mol. The first kappa shape index (κ1) is 23.3. The number of benzene rings is 1. The van der Waals surface area contributed by atoms with Crippen molar-refractivity contribution in [1.29, 1.82) is 0 Å². The van der Waals surface area contributed by atoms with Gasteiger partial charge in [0.1, 0.15) is 11.9 Å². The largest absolute Gasteiger partial charge is 0.459 e. The highest BCUT2D eigenvalue weighted by Crippen LogP contribution is 2.28. The highest BCUT2D eigenvalue weighted by molar-refractivity contribution is 5.98. The number of nitrogens with one attached hydrogen (secondary N) is 2. The Kier molecular flexibility index (Phi) is 6.28. The van der Waals surface area contributed by atoms with Crippen LogP contribution in [0.15, 0.2) is 53.1 Å². The van der Waals surface area contributed by atoms with Crippen LogP contribution in [-0.4, -0.2) is 51.8 Å². The third-order valence-corrected chi connectivity index (χ3v) is 5.92. The monoisotopic (exact) mass is 463 g/mol. The zero-order chi connectivity index (χ0) is 24.5. The molecule has 9 nitrogen and oxygen atoms in total. The van der Waals surface area contributed by atoms with Crippen molar-refractivity contribution in [2.75, 3.05) is 13.6 Å². The van der Waals surface area contributed by atoms with Crippen LogP contribution in [0.3, 0.4) is 0 Å². The summed E-state index contributed by atoms with van der Waals surface area (Å²) >= 11 is 0. The molecule has 178 valence electrons. The molecule has 1 aliphatic heterocycles. The molecule has 9 heteroatoms. The number of amides is 3. The van der Waals surface area contributed by atoms with E-state index in [2.05, 4.69) is 10.6 Å². The molecule has 2 aromatic heterocycles. The topological polar surface area (TPSA) is 109 Å². The van der Waals surface area contributed by atoms with E-state index in [9.17, 15) is 14.4 Å². The Morgan fingerprint density at radius 1 is 1.06 bits per heavy atom. The molecule has 0 bridgehead atoms. The molecule has 0 saturated heterocycles. The normalized spacial score (nSPS) is 14.3. The van der Waals surface area contributed by atoms with Crippen LogP contribution in [0.25, 0.3) is 11.4 Å². The number of carbonyl (C=O) groups is 3. The van der Waals surface area contributed by atoms with Crippen LogP contribution in [0.5, 0.6) is 0 Å². The molecular weight excluding hydrogens is 434 g/mol. The standard InChI is InChI=1S/C25H29N5O4/c1-25(2,3)20(23(32)26-4)28-22(31)19-17-15-29(24(33)18-11-8-14-34-18)12-13-30(17)21(27-19)16-9-6-5-7-10-16/h5-11,14,20H,12-13,15H2,1-4H3,(H,26,32)(H,28,31). The van der Waals surface area contributed by atoms with Gasteiger partial charge >= 0.3 is 0 Å². The van der Waals surface area contributed by atoms with E-state index in [1.807, 2.05) is 55.7 Å². The molecule has 0 spiro atoms. The summed E-state index contributed by atoms with van der Waals surface area (Å²) in [7, 11) is 1.54. The van der Waals surface area contributed by atoms with Gasteiger partial charge in [0.15, 0.2) is 11.5 Å². The Bertz CT molecular complexity index is 1190. The number of carbonyl (C=O) groups excluding carboxylic acids is 3. The molecule has 34 heavy (non-hydrogen) atoms. The van der Waals surface area contributed by atoms with Crippen molar-refractivity contribution in [3.63, 3.8) is 0 Å². The molecule has 4 rings (SSSR count). The van der Waals surface area contributed by atoms with Gasteiger partial charge in [0.25, 0.3) is 11.8 Å². The summed E-state index contributed by atoms with van der Waals surface area (Å²) in [5.74, 6) is -0.0932. The maximum absolute atomic E-state index is 13.5. The van der Waals surface area contributed by atoms with E-state index in [-0.39, 0.29) is 29.8 Å². The minimum absolute atomic E-state index is 0.197. The third kappa shape index (κ3) is 4.46. The second kappa shape index (κ2) is 9.17. The summed E-state index contributed by atoms with van der Waals surface area (Å²) in [6.45, 7) is 6.78. The minimum Gasteiger partial charge on any atom is -0.459 e. The SMILES string of the molecule is CNC(=O)C(NC(=O)c1nc(-c2ccccc2)n2c1CN(C(=O)c1ccco1)CC2)C(C)(C)C. The Labute approximate surface area is 198 Å². The molecule has 0 aliphatic carbocycles. The smallest absolute Gasteiger partial charge is 0.289 e. The van der Waals surface area contributed by atoms with Gasteiger partial charge in [-0.05, 0) is 17.5 Å². The van der Waals surface area contributed by atoms with Gasteiger partial charge in [0, 0.05) is 25.7 Å². The summed E-state index contributed by atoms with van der Waals surface area (Å²) in [5, 5.41) is 5.48. The summed E-state index contributed by atoms with van der Waals surface area (Å²) < 4.78 is 7.25. The molecule has 0 radical (unpaired) electrons. The Morgan fingerprint density at radius 3 is 2.41 bits per heavy atom. The predicted octanol–water partition coefficient (Wildman–Crippen LogP) is 2.69. The number of likely N-dealkylation sites (N-methyl/N-ethyl adjacent to an activating group) is 1. The van der Waals surface area contributed by atoms with Gasteiger partial charge in [-0.25, -0.2) is 4.98 Å². The van der Waals surface area contributed by atoms with Crippen molar-refractivity contribution in [1.82, 2.24) is 25.1 Å². The zero-order valence-electron chi connectivity index (χ0n) is 19.8. The Hall–Kier alpha value is -3.88.